The fourth-order valence-corrected chi connectivity index (χ4v) is 3.85. The standard InChI is InChI=1S/C15H14ClN5S/c1-20(10-8-21(9-10)13-7-17-5-6-18-13)15-19-14-11(16)3-2-4-12(14)22-15/h2-7,10H,8-9H2,1H3. The molecule has 4 rings (SSSR count). The van der Waals surface area contributed by atoms with Crippen molar-refractivity contribution in [3.8, 4) is 0 Å². The molecule has 0 aliphatic carbocycles. The maximum atomic E-state index is 6.21. The highest BCUT2D eigenvalue weighted by molar-refractivity contribution is 7.22. The first-order valence-electron chi connectivity index (χ1n) is 7.01. The average Bonchev–Trinajstić information content (AvgIpc) is 2.92. The molecule has 0 unspecified atom stereocenters. The Balaban J connectivity index is 1.51. The number of likely N-dealkylation sites (N-methyl/N-ethyl adjacent to an activating group) is 1. The predicted octanol–water partition coefficient (Wildman–Crippen LogP) is 3.06. The molecule has 0 atom stereocenters. The third-order valence-corrected chi connectivity index (χ3v) is 5.36. The molecule has 7 heteroatoms. The smallest absolute Gasteiger partial charge is 0.186 e. The fraction of sp³-hybridized carbons (Fsp3) is 0.267. The summed E-state index contributed by atoms with van der Waals surface area (Å²) in [4.78, 5) is 17.6. The highest BCUT2D eigenvalue weighted by atomic mass is 35.5. The molecule has 3 aromatic rings. The summed E-state index contributed by atoms with van der Waals surface area (Å²) in [6, 6.07) is 6.34. The number of para-hydroxylation sites is 1. The Morgan fingerprint density at radius 3 is 2.91 bits per heavy atom. The number of benzene rings is 1. The van der Waals surface area contributed by atoms with Crippen molar-refractivity contribution in [2.75, 3.05) is 29.9 Å². The first-order chi connectivity index (χ1) is 10.7. The lowest BCUT2D eigenvalue weighted by Gasteiger charge is -2.44. The normalized spacial score (nSPS) is 15.1. The largest absolute Gasteiger partial charge is 0.351 e. The number of thiazole rings is 1. The first kappa shape index (κ1) is 13.7. The number of halogens is 1. The van der Waals surface area contributed by atoms with Crippen LogP contribution in [0.1, 0.15) is 0 Å². The minimum atomic E-state index is 0.432. The minimum Gasteiger partial charge on any atom is -0.351 e. The van der Waals surface area contributed by atoms with Crippen molar-refractivity contribution in [3.63, 3.8) is 0 Å². The van der Waals surface area contributed by atoms with E-state index in [0.717, 1.165) is 34.3 Å². The van der Waals surface area contributed by atoms with Crippen LogP contribution in [0.15, 0.2) is 36.8 Å². The van der Waals surface area contributed by atoms with Crippen LogP contribution in [0.5, 0.6) is 0 Å². The molecule has 112 valence electrons. The lowest BCUT2D eigenvalue weighted by molar-refractivity contribution is 0.491. The molecular formula is C15H14ClN5S. The highest BCUT2D eigenvalue weighted by Crippen LogP contribution is 2.34. The Hall–Kier alpha value is -1.92. The van der Waals surface area contributed by atoms with Crippen LogP contribution in [-0.4, -0.2) is 41.1 Å². The van der Waals surface area contributed by atoms with Crippen molar-refractivity contribution in [3.05, 3.63) is 41.8 Å². The molecule has 5 nitrogen and oxygen atoms in total. The van der Waals surface area contributed by atoms with Crippen molar-refractivity contribution >= 4 is 44.1 Å². The summed E-state index contributed by atoms with van der Waals surface area (Å²) in [6.07, 6.45) is 5.22. The maximum absolute atomic E-state index is 6.21. The van der Waals surface area contributed by atoms with Gasteiger partial charge in [0.1, 0.15) is 11.3 Å². The molecule has 0 saturated carbocycles. The number of hydrogen-bond acceptors (Lipinski definition) is 6. The van der Waals surface area contributed by atoms with Crippen LogP contribution in [0.25, 0.3) is 10.2 Å². The summed E-state index contributed by atoms with van der Waals surface area (Å²) < 4.78 is 1.12. The van der Waals surface area contributed by atoms with Crippen LogP contribution in [0.4, 0.5) is 10.9 Å². The van der Waals surface area contributed by atoms with E-state index >= 15 is 0 Å². The van der Waals surface area contributed by atoms with Gasteiger partial charge in [0.25, 0.3) is 0 Å². The maximum Gasteiger partial charge on any atom is 0.186 e. The molecule has 22 heavy (non-hydrogen) atoms. The van der Waals surface area contributed by atoms with Gasteiger partial charge in [-0.05, 0) is 12.1 Å². The minimum absolute atomic E-state index is 0.432. The van der Waals surface area contributed by atoms with E-state index in [1.165, 1.54) is 0 Å². The van der Waals surface area contributed by atoms with Crippen LogP contribution in [0.3, 0.4) is 0 Å². The molecule has 1 saturated heterocycles. The van der Waals surface area contributed by atoms with Gasteiger partial charge in [0.05, 0.1) is 22.0 Å². The predicted molar refractivity (Wildman–Crippen MR) is 91.1 cm³/mol. The van der Waals surface area contributed by atoms with Gasteiger partial charge in [-0.25, -0.2) is 9.97 Å². The molecule has 2 aromatic heterocycles. The van der Waals surface area contributed by atoms with Gasteiger partial charge in [-0.3, -0.25) is 4.98 Å². The third-order valence-electron chi connectivity index (χ3n) is 3.94. The van der Waals surface area contributed by atoms with Crippen LogP contribution in [0.2, 0.25) is 5.02 Å². The van der Waals surface area contributed by atoms with E-state index in [0.29, 0.717) is 11.1 Å². The highest BCUT2D eigenvalue weighted by Gasteiger charge is 2.32. The molecule has 0 N–H and O–H groups in total. The second-order valence-corrected chi connectivity index (χ2v) is 6.73. The lowest BCUT2D eigenvalue weighted by atomic mass is 10.1. The Kier molecular flexibility index (Phi) is 3.35. The average molecular weight is 332 g/mol. The van der Waals surface area contributed by atoms with E-state index < -0.39 is 0 Å². The monoisotopic (exact) mass is 331 g/mol. The van der Waals surface area contributed by atoms with Crippen molar-refractivity contribution in [1.82, 2.24) is 15.0 Å². The summed E-state index contributed by atoms with van der Waals surface area (Å²) in [6.45, 7) is 1.86. The van der Waals surface area contributed by atoms with Gasteiger partial charge < -0.3 is 9.80 Å². The molecule has 0 bridgehead atoms. The van der Waals surface area contributed by atoms with Crippen molar-refractivity contribution < 1.29 is 0 Å². The quantitative estimate of drug-likeness (QED) is 0.738. The zero-order valence-corrected chi connectivity index (χ0v) is 13.6. The van der Waals surface area contributed by atoms with E-state index in [2.05, 4.69) is 37.9 Å². The van der Waals surface area contributed by atoms with Crippen LogP contribution in [-0.2, 0) is 0 Å². The summed E-state index contributed by atoms with van der Waals surface area (Å²) in [5, 5.41) is 1.72. The van der Waals surface area contributed by atoms with E-state index in [9.17, 15) is 0 Å². The summed E-state index contributed by atoms with van der Waals surface area (Å²) >= 11 is 7.89. The molecule has 1 aliphatic rings. The van der Waals surface area contributed by atoms with Crippen molar-refractivity contribution in [2.24, 2.45) is 0 Å². The third kappa shape index (κ3) is 2.28. The van der Waals surface area contributed by atoms with E-state index in [-0.39, 0.29) is 0 Å². The van der Waals surface area contributed by atoms with E-state index in [1.807, 2.05) is 12.1 Å². The van der Waals surface area contributed by atoms with Crippen LogP contribution in [0, 0.1) is 0 Å². The molecular weight excluding hydrogens is 318 g/mol. The van der Waals surface area contributed by atoms with Gasteiger partial charge in [-0.2, -0.15) is 0 Å². The second kappa shape index (κ2) is 5.37. The second-order valence-electron chi connectivity index (χ2n) is 5.32. The Morgan fingerprint density at radius 1 is 1.32 bits per heavy atom. The van der Waals surface area contributed by atoms with Gasteiger partial charge in [0.15, 0.2) is 5.13 Å². The van der Waals surface area contributed by atoms with Crippen molar-refractivity contribution in [1.29, 1.82) is 0 Å². The van der Waals surface area contributed by atoms with Gasteiger partial charge in [-0.1, -0.05) is 29.0 Å². The number of fused-ring (bicyclic) bond motifs is 1. The molecule has 1 aliphatic heterocycles. The van der Waals surface area contributed by atoms with E-state index in [4.69, 9.17) is 11.6 Å². The van der Waals surface area contributed by atoms with E-state index in [1.54, 1.807) is 29.9 Å². The summed E-state index contributed by atoms with van der Waals surface area (Å²) in [7, 11) is 2.09. The Bertz CT molecular complexity index is 800. The molecule has 1 aromatic carbocycles. The molecule has 0 radical (unpaired) electrons. The number of nitrogens with zero attached hydrogens (tertiary/aromatic N) is 5. The fourth-order valence-electron chi connectivity index (χ4n) is 2.55. The summed E-state index contributed by atoms with van der Waals surface area (Å²) in [5.74, 6) is 0.930. The Labute approximate surface area is 137 Å². The number of rotatable bonds is 3. The van der Waals surface area contributed by atoms with Crippen LogP contribution >= 0.6 is 22.9 Å². The molecule has 1 fully saturated rings. The number of hydrogen-bond donors (Lipinski definition) is 0. The zero-order valence-electron chi connectivity index (χ0n) is 12.0. The molecule has 0 spiro atoms. The molecule has 3 heterocycles. The first-order valence-corrected chi connectivity index (χ1v) is 8.20. The van der Waals surface area contributed by atoms with Gasteiger partial charge in [-0.15, -0.1) is 0 Å². The zero-order chi connectivity index (χ0) is 15.1. The molecule has 0 amide bonds. The SMILES string of the molecule is CN(c1nc2c(Cl)cccc2s1)C1CN(c2cnccn2)C1. The lowest BCUT2D eigenvalue weighted by Crippen LogP contribution is -2.59. The Morgan fingerprint density at radius 2 is 2.18 bits per heavy atom. The van der Waals surface area contributed by atoms with Crippen LogP contribution < -0.4 is 9.80 Å². The number of aromatic nitrogens is 3. The summed E-state index contributed by atoms with van der Waals surface area (Å²) in [5.41, 5.74) is 0.890. The number of anilines is 2. The van der Waals surface area contributed by atoms with Gasteiger partial charge in [0, 0.05) is 32.5 Å². The topological polar surface area (TPSA) is 45.2 Å². The van der Waals surface area contributed by atoms with Gasteiger partial charge in [0.2, 0.25) is 0 Å². The van der Waals surface area contributed by atoms with Crippen molar-refractivity contribution in [2.45, 2.75) is 6.04 Å². The van der Waals surface area contributed by atoms with Gasteiger partial charge >= 0.3 is 0 Å².